The minimum atomic E-state index is -0.304. The number of benzene rings is 1. The first-order valence-electron chi connectivity index (χ1n) is 5.66. The maximum atomic E-state index is 12.0. The van der Waals surface area contributed by atoms with Gasteiger partial charge in [-0.1, -0.05) is 60.5 Å². The van der Waals surface area contributed by atoms with Gasteiger partial charge < -0.3 is 4.57 Å². The van der Waals surface area contributed by atoms with Crippen molar-refractivity contribution in [1.82, 2.24) is 9.55 Å². The third-order valence-corrected chi connectivity index (χ3v) is 3.09. The number of hydrogen-bond donors (Lipinski definition) is 0. The van der Waals surface area contributed by atoms with Crippen LogP contribution in [-0.2, 0) is 6.54 Å². The van der Waals surface area contributed by atoms with Crippen LogP contribution in [-0.4, -0.2) is 9.55 Å². The molecular weight excluding hydrogens is 271 g/mol. The lowest BCUT2D eigenvalue weighted by Gasteiger charge is -2.13. The molecule has 1 aromatic heterocycles. The molecule has 0 unspecified atom stereocenters. The number of aromatic nitrogens is 2. The fourth-order valence-electron chi connectivity index (χ4n) is 1.82. The third-order valence-electron chi connectivity index (χ3n) is 2.58. The van der Waals surface area contributed by atoms with Crippen LogP contribution in [0.4, 0.5) is 0 Å². The van der Waals surface area contributed by atoms with Crippen LogP contribution in [0.2, 0.25) is 10.3 Å². The molecule has 0 radical (unpaired) electrons. The fourth-order valence-corrected chi connectivity index (χ4v) is 2.34. The van der Waals surface area contributed by atoms with Gasteiger partial charge in [-0.25, -0.2) is 4.98 Å². The quantitative estimate of drug-likeness (QED) is 0.862. The molecule has 0 aliphatic rings. The smallest absolute Gasteiger partial charge is 0.288 e. The molecule has 2 aromatic rings. The third kappa shape index (κ3) is 2.42. The van der Waals surface area contributed by atoms with Crippen molar-refractivity contribution in [2.45, 2.75) is 19.9 Å². The van der Waals surface area contributed by atoms with E-state index in [1.807, 2.05) is 37.3 Å². The van der Waals surface area contributed by atoms with Gasteiger partial charge in [0.1, 0.15) is 0 Å². The predicted molar refractivity (Wildman–Crippen MR) is 74.2 cm³/mol. The zero-order chi connectivity index (χ0) is 13.1. The molecule has 0 aliphatic carbocycles. The lowest BCUT2D eigenvalue weighted by molar-refractivity contribution is 0.656. The van der Waals surface area contributed by atoms with E-state index in [4.69, 9.17) is 23.2 Å². The summed E-state index contributed by atoms with van der Waals surface area (Å²) >= 11 is 11.9. The molecule has 0 amide bonds. The first-order chi connectivity index (χ1) is 8.65. The van der Waals surface area contributed by atoms with E-state index in [1.54, 1.807) is 4.57 Å². The lowest BCUT2D eigenvalue weighted by atomic mass is 10.1. The van der Waals surface area contributed by atoms with E-state index in [9.17, 15) is 4.79 Å². The summed E-state index contributed by atoms with van der Waals surface area (Å²) in [6, 6.07) is 9.47. The van der Waals surface area contributed by atoms with Crippen molar-refractivity contribution < 1.29 is 0 Å². The maximum absolute atomic E-state index is 12.0. The van der Waals surface area contributed by atoms with Crippen molar-refractivity contribution in [2.24, 2.45) is 0 Å². The molecule has 18 heavy (non-hydrogen) atoms. The van der Waals surface area contributed by atoms with Crippen LogP contribution in [0.3, 0.4) is 0 Å². The van der Waals surface area contributed by atoms with Crippen molar-refractivity contribution in [1.29, 1.82) is 0 Å². The van der Waals surface area contributed by atoms with E-state index in [0.29, 0.717) is 12.2 Å². The zero-order valence-electron chi connectivity index (χ0n) is 9.86. The second-order valence-corrected chi connectivity index (χ2v) is 4.58. The Bertz CT molecular complexity index is 608. The van der Waals surface area contributed by atoms with Crippen LogP contribution in [0, 0.1) is 0 Å². The van der Waals surface area contributed by atoms with Gasteiger partial charge in [0.2, 0.25) is 0 Å². The molecule has 2 rings (SSSR count). The number of nitrogens with zero attached hydrogens (tertiary/aromatic N) is 2. The highest BCUT2D eigenvalue weighted by molar-refractivity contribution is 6.33. The highest BCUT2D eigenvalue weighted by atomic mass is 35.5. The summed E-state index contributed by atoms with van der Waals surface area (Å²) in [6.45, 7) is 2.55. The minimum absolute atomic E-state index is 0.0897. The SMILES string of the molecule is CCCn1c(-c2ccccc2)c(Cl)nc(Cl)c1=O. The molecule has 0 saturated carbocycles. The first kappa shape index (κ1) is 13.1. The largest absolute Gasteiger partial charge is 0.303 e. The number of rotatable bonds is 3. The van der Waals surface area contributed by atoms with E-state index < -0.39 is 0 Å². The van der Waals surface area contributed by atoms with E-state index in [-0.39, 0.29) is 15.9 Å². The average molecular weight is 283 g/mol. The van der Waals surface area contributed by atoms with Crippen LogP contribution in [0.25, 0.3) is 11.3 Å². The molecule has 3 nitrogen and oxygen atoms in total. The van der Waals surface area contributed by atoms with Crippen molar-refractivity contribution >= 4 is 23.2 Å². The molecule has 94 valence electrons. The minimum Gasteiger partial charge on any atom is -0.303 e. The molecule has 1 heterocycles. The zero-order valence-corrected chi connectivity index (χ0v) is 11.4. The molecule has 0 fully saturated rings. The van der Waals surface area contributed by atoms with Gasteiger partial charge in [0.25, 0.3) is 5.56 Å². The van der Waals surface area contributed by atoms with E-state index in [0.717, 1.165) is 12.0 Å². The van der Waals surface area contributed by atoms with E-state index in [1.165, 1.54) is 0 Å². The average Bonchev–Trinajstić information content (AvgIpc) is 2.37. The molecule has 0 bridgehead atoms. The van der Waals surface area contributed by atoms with Crippen molar-refractivity contribution in [3.8, 4) is 11.3 Å². The van der Waals surface area contributed by atoms with Gasteiger partial charge in [-0.2, -0.15) is 0 Å². The lowest BCUT2D eigenvalue weighted by Crippen LogP contribution is -2.23. The first-order valence-corrected chi connectivity index (χ1v) is 6.42. The molecule has 0 spiro atoms. The second-order valence-electron chi connectivity index (χ2n) is 3.86. The summed E-state index contributed by atoms with van der Waals surface area (Å²) in [5.41, 5.74) is 1.17. The Labute approximate surface area is 115 Å². The second kappa shape index (κ2) is 5.55. The number of hydrogen-bond acceptors (Lipinski definition) is 2. The Morgan fingerprint density at radius 2 is 1.83 bits per heavy atom. The van der Waals surface area contributed by atoms with E-state index in [2.05, 4.69) is 4.98 Å². The standard InChI is InChI=1S/C13H12Cl2N2O/c1-2-8-17-10(9-6-4-3-5-7-9)11(14)16-12(15)13(17)18/h3-7H,2,8H2,1H3. The molecule has 0 N–H and O–H groups in total. The van der Waals surface area contributed by atoms with Crippen LogP contribution >= 0.6 is 23.2 Å². The summed E-state index contributed by atoms with van der Waals surface area (Å²) < 4.78 is 1.58. The Morgan fingerprint density at radius 3 is 2.44 bits per heavy atom. The molecular formula is C13H12Cl2N2O. The van der Waals surface area contributed by atoms with Crippen molar-refractivity contribution in [2.75, 3.05) is 0 Å². The highest BCUT2D eigenvalue weighted by Crippen LogP contribution is 2.26. The van der Waals surface area contributed by atoms with Crippen LogP contribution in [0.15, 0.2) is 35.1 Å². The predicted octanol–water partition coefficient (Wildman–Crippen LogP) is 3.63. The Hall–Kier alpha value is -1.32. The van der Waals surface area contributed by atoms with Gasteiger partial charge in [-0.3, -0.25) is 4.79 Å². The topological polar surface area (TPSA) is 34.9 Å². The summed E-state index contributed by atoms with van der Waals surface area (Å²) in [5.74, 6) is 0. The van der Waals surface area contributed by atoms with Crippen LogP contribution < -0.4 is 5.56 Å². The Morgan fingerprint density at radius 1 is 1.17 bits per heavy atom. The highest BCUT2D eigenvalue weighted by Gasteiger charge is 2.15. The molecule has 0 atom stereocenters. The summed E-state index contributed by atoms with van der Waals surface area (Å²) in [6.07, 6.45) is 0.816. The Kier molecular flexibility index (Phi) is 4.04. The van der Waals surface area contributed by atoms with E-state index >= 15 is 0 Å². The monoisotopic (exact) mass is 282 g/mol. The summed E-state index contributed by atoms with van der Waals surface area (Å²) in [4.78, 5) is 15.9. The van der Waals surface area contributed by atoms with Gasteiger partial charge in [-0.15, -0.1) is 0 Å². The van der Waals surface area contributed by atoms with Gasteiger partial charge in [0.05, 0.1) is 5.69 Å². The maximum Gasteiger partial charge on any atom is 0.288 e. The Balaban J connectivity index is 2.73. The van der Waals surface area contributed by atoms with Gasteiger partial charge in [0, 0.05) is 12.1 Å². The van der Waals surface area contributed by atoms with Crippen molar-refractivity contribution in [3.63, 3.8) is 0 Å². The molecule has 0 aliphatic heterocycles. The van der Waals surface area contributed by atoms with Crippen LogP contribution in [0.1, 0.15) is 13.3 Å². The molecule has 1 aromatic carbocycles. The summed E-state index contributed by atoms with van der Waals surface area (Å²) in [7, 11) is 0. The van der Waals surface area contributed by atoms with Crippen LogP contribution in [0.5, 0.6) is 0 Å². The molecule has 5 heteroatoms. The van der Waals surface area contributed by atoms with Gasteiger partial charge >= 0.3 is 0 Å². The molecule has 0 saturated heterocycles. The normalized spacial score (nSPS) is 10.6. The number of halogens is 2. The fraction of sp³-hybridized carbons (Fsp3) is 0.231. The summed E-state index contributed by atoms with van der Waals surface area (Å²) in [5, 5.41) is 0.160. The van der Waals surface area contributed by atoms with Gasteiger partial charge in [-0.05, 0) is 6.42 Å². The van der Waals surface area contributed by atoms with Crippen molar-refractivity contribution in [3.05, 3.63) is 51.0 Å². The van der Waals surface area contributed by atoms with Gasteiger partial charge in [0.15, 0.2) is 10.3 Å².